The molecule has 0 aliphatic carbocycles. The van der Waals surface area contributed by atoms with Gasteiger partial charge in [0.05, 0.1) is 5.41 Å². The molecule has 1 aliphatic heterocycles. The maximum Gasteiger partial charge on any atom is 0.229 e. The van der Waals surface area contributed by atoms with E-state index in [1.807, 2.05) is 18.7 Å². The van der Waals surface area contributed by atoms with Gasteiger partial charge in [0.1, 0.15) is 0 Å². The molecule has 2 N–H and O–H groups in total. The lowest BCUT2D eigenvalue weighted by Gasteiger charge is -2.37. The second kappa shape index (κ2) is 6.45. The van der Waals surface area contributed by atoms with Gasteiger partial charge in [0.15, 0.2) is 0 Å². The summed E-state index contributed by atoms with van der Waals surface area (Å²) >= 11 is 0. The van der Waals surface area contributed by atoms with Gasteiger partial charge in [0.25, 0.3) is 0 Å². The fraction of sp³-hybridized carbons (Fsp3) is 0.917. The maximum atomic E-state index is 12.2. The van der Waals surface area contributed by atoms with Crippen molar-refractivity contribution < 1.29 is 4.79 Å². The van der Waals surface area contributed by atoms with Crippen LogP contribution in [0.15, 0.2) is 0 Å². The van der Waals surface area contributed by atoms with Crippen LogP contribution in [0.4, 0.5) is 0 Å². The Kier molecular flexibility index (Phi) is 6.34. The molecule has 0 radical (unpaired) electrons. The molecule has 4 heteroatoms. The zero-order chi connectivity index (χ0) is 11.5. The van der Waals surface area contributed by atoms with E-state index in [0.29, 0.717) is 12.5 Å². The Labute approximate surface area is 105 Å². The van der Waals surface area contributed by atoms with Crippen LogP contribution < -0.4 is 5.73 Å². The Balaban J connectivity index is 0.00000225. The van der Waals surface area contributed by atoms with Gasteiger partial charge in [0.2, 0.25) is 5.91 Å². The molecule has 0 aromatic carbocycles. The third-order valence-electron chi connectivity index (χ3n) is 3.47. The van der Waals surface area contributed by atoms with Gasteiger partial charge in [-0.1, -0.05) is 13.3 Å². The van der Waals surface area contributed by atoms with Crippen molar-refractivity contribution in [1.82, 2.24) is 4.90 Å². The van der Waals surface area contributed by atoms with Crippen LogP contribution in [0.25, 0.3) is 0 Å². The number of likely N-dealkylation sites (tertiary alicyclic amines) is 1. The minimum absolute atomic E-state index is 0. The van der Waals surface area contributed by atoms with Crippen molar-refractivity contribution in [3.05, 3.63) is 0 Å². The smallest absolute Gasteiger partial charge is 0.229 e. The quantitative estimate of drug-likeness (QED) is 0.831. The maximum absolute atomic E-state index is 12.2. The van der Waals surface area contributed by atoms with Crippen molar-refractivity contribution in [3.63, 3.8) is 0 Å². The zero-order valence-corrected chi connectivity index (χ0v) is 11.5. The Morgan fingerprint density at radius 3 is 2.62 bits per heavy atom. The van der Waals surface area contributed by atoms with Crippen molar-refractivity contribution in [3.8, 4) is 0 Å². The standard InChI is InChI=1S/C12H24N2O.ClH/c1-4-10-6-5-7-14(8-10)11(15)12(2,3)9-13;/h10H,4-9,13H2,1-3H3;1H. The topological polar surface area (TPSA) is 46.3 Å². The molecule has 0 bridgehead atoms. The predicted molar refractivity (Wildman–Crippen MR) is 69.7 cm³/mol. The van der Waals surface area contributed by atoms with Crippen molar-refractivity contribution >= 4 is 18.3 Å². The summed E-state index contributed by atoms with van der Waals surface area (Å²) in [4.78, 5) is 14.2. The molecule has 1 heterocycles. The van der Waals surface area contributed by atoms with E-state index in [2.05, 4.69) is 6.92 Å². The lowest BCUT2D eigenvalue weighted by Crippen LogP contribution is -2.48. The van der Waals surface area contributed by atoms with Gasteiger partial charge in [-0.15, -0.1) is 12.4 Å². The summed E-state index contributed by atoms with van der Waals surface area (Å²) in [5, 5.41) is 0. The molecule has 1 fully saturated rings. The molecule has 0 aromatic rings. The van der Waals surface area contributed by atoms with E-state index in [9.17, 15) is 4.79 Å². The largest absolute Gasteiger partial charge is 0.342 e. The van der Waals surface area contributed by atoms with Crippen molar-refractivity contribution in [2.24, 2.45) is 17.1 Å². The van der Waals surface area contributed by atoms with Crippen LogP contribution in [-0.4, -0.2) is 30.4 Å². The van der Waals surface area contributed by atoms with E-state index >= 15 is 0 Å². The Bertz CT molecular complexity index is 231. The molecular weight excluding hydrogens is 224 g/mol. The summed E-state index contributed by atoms with van der Waals surface area (Å²) in [6.45, 7) is 8.35. The van der Waals surface area contributed by atoms with Crippen molar-refractivity contribution in [2.75, 3.05) is 19.6 Å². The normalized spacial score (nSPS) is 21.5. The minimum atomic E-state index is -0.393. The monoisotopic (exact) mass is 248 g/mol. The lowest BCUT2D eigenvalue weighted by atomic mass is 9.89. The summed E-state index contributed by atoms with van der Waals surface area (Å²) in [6.07, 6.45) is 3.58. The number of carbonyl (C=O) groups is 1. The molecule has 96 valence electrons. The minimum Gasteiger partial charge on any atom is -0.342 e. The van der Waals surface area contributed by atoms with Crippen molar-refractivity contribution in [1.29, 1.82) is 0 Å². The fourth-order valence-electron chi connectivity index (χ4n) is 2.10. The van der Waals surface area contributed by atoms with E-state index < -0.39 is 5.41 Å². The molecule has 0 aromatic heterocycles. The highest BCUT2D eigenvalue weighted by Gasteiger charge is 2.32. The van der Waals surface area contributed by atoms with Crippen LogP contribution in [0.5, 0.6) is 0 Å². The third kappa shape index (κ3) is 3.63. The number of carbonyl (C=O) groups excluding carboxylic acids is 1. The lowest BCUT2D eigenvalue weighted by molar-refractivity contribution is -0.141. The van der Waals surface area contributed by atoms with E-state index in [-0.39, 0.29) is 18.3 Å². The Hall–Kier alpha value is -0.280. The molecule has 1 rings (SSSR count). The Morgan fingerprint density at radius 1 is 1.50 bits per heavy atom. The molecule has 3 nitrogen and oxygen atoms in total. The summed E-state index contributed by atoms with van der Waals surface area (Å²) < 4.78 is 0. The first-order valence-corrected chi connectivity index (χ1v) is 6.00. The van der Waals surface area contributed by atoms with Crippen LogP contribution >= 0.6 is 12.4 Å². The molecule has 16 heavy (non-hydrogen) atoms. The third-order valence-corrected chi connectivity index (χ3v) is 3.47. The van der Waals surface area contributed by atoms with Crippen LogP contribution in [0.1, 0.15) is 40.0 Å². The van der Waals surface area contributed by atoms with Crippen molar-refractivity contribution in [2.45, 2.75) is 40.0 Å². The predicted octanol–water partition coefficient (Wildman–Crippen LogP) is 2.04. The first-order valence-electron chi connectivity index (χ1n) is 6.00. The summed E-state index contributed by atoms with van der Waals surface area (Å²) in [5.74, 6) is 0.916. The van der Waals surface area contributed by atoms with Gasteiger partial charge >= 0.3 is 0 Å². The van der Waals surface area contributed by atoms with Gasteiger partial charge in [-0.05, 0) is 32.6 Å². The van der Waals surface area contributed by atoms with E-state index in [4.69, 9.17) is 5.73 Å². The van der Waals surface area contributed by atoms with Gasteiger partial charge in [-0.25, -0.2) is 0 Å². The Morgan fingerprint density at radius 2 is 2.12 bits per heavy atom. The SMILES string of the molecule is CCC1CCCN(C(=O)C(C)(C)CN)C1.Cl. The first-order chi connectivity index (χ1) is 7.01. The van der Waals surface area contributed by atoms with Crippen LogP contribution in [0, 0.1) is 11.3 Å². The average Bonchev–Trinajstić information content (AvgIpc) is 2.28. The van der Waals surface area contributed by atoms with Gasteiger partial charge in [-0.2, -0.15) is 0 Å². The molecule has 1 unspecified atom stereocenters. The van der Waals surface area contributed by atoms with Gasteiger partial charge < -0.3 is 10.6 Å². The summed E-state index contributed by atoms with van der Waals surface area (Å²) in [7, 11) is 0. The number of rotatable bonds is 3. The second-order valence-electron chi connectivity index (χ2n) is 5.26. The number of hydrogen-bond acceptors (Lipinski definition) is 2. The molecule has 1 aliphatic rings. The highest BCUT2D eigenvalue weighted by molar-refractivity contribution is 5.85. The number of amides is 1. The number of hydrogen-bond donors (Lipinski definition) is 1. The highest BCUT2D eigenvalue weighted by atomic mass is 35.5. The van der Waals surface area contributed by atoms with Gasteiger partial charge in [-0.3, -0.25) is 4.79 Å². The molecule has 1 amide bonds. The van der Waals surface area contributed by atoms with Gasteiger partial charge in [0, 0.05) is 19.6 Å². The number of piperidine rings is 1. The zero-order valence-electron chi connectivity index (χ0n) is 10.7. The summed E-state index contributed by atoms with van der Waals surface area (Å²) in [6, 6.07) is 0. The van der Waals surface area contributed by atoms with Crippen LogP contribution in [-0.2, 0) is 4.79 Å². The summed E-state index contributed by atoms with van der Waals surface area (Å²) in [5.41, 5.74) is 5.24. The van der Waals surface area contributed by atoms with Crippen LogP contribution in [0.2, 0.25) is 0 Å². The van der Waals surface area contributed by atoms with Crippen LogP contribution in [0.3, 0.4) is 0 Å². The molecule has 1 saturated heterocycles. The van der Waals surface area contributed by atoms with E-state index in [0.717, 1.165) is 19.5 Å². The fourth-order valence-corrected chi connectivity index (χ4v) is 2.10. The molecule has 0 spiro atoms. The highest BCUT2D eigenvalue weighted by Crippen LogP contribution is 2.24. The number of nitrogens with zero attached hydrogens (tertiary/aromatic N) is 1. The number of nitrogens with two attached hydrogens (primary N) is 1. The second-order valence-corrected chi connectivity index (χ2v) is 5.26. The number of halogens is 1. The van der Waals surface area contributed by atoms with E-state index in [1.54, 1.807) is 0 Å². The molecule has 1 atom stereocenters. The van der Waals surface area contributed by atoms with E-state index in [1.165, 1.54) is 12.8 Å². The first kappa shape index (κ1) is 15.7. The average molecular weight is 249 g/mol. The molecule has 0 saturated carbocycles. The molecular formula is C12H25ClN2O.